The number of unbranched alkanes of at least 4 members (excludes halogenated alkanes) is 4. The molecule has 2 heteroatoms. The maximum atomic E-state index is 13.0. The van der Waals surface area contributed by atoms with Gasteiger partial charge in [0.1, 0.15) is 0 Å². The molecule has 0 bridgehead atoms. The molecule has 0 aliphatic heterocycles. The zero-order chi connectivity index (χ0) is 18.2. The molecule has 0 atom stereocenters. The third kappa shape index (κ3) is 5.40. The van der Waals surface area contributed by atoms with Crippen LogP contribution >= 0.6 is 0 Å². The van der Waals surface area contributed by atoms with E-state index in [0.29, 0.717) is 5.92 Å². The summed E-state index contributed by atoms with van der Waals surface area (Å²) >= 11 is 0. The summed E-state index contributed by atoms with van der Waals surface area (Å²) in [7, 11) is 0. The molecule has 0 radical (unpaired) electrons. The summed E-state index contributed by atoms with van der Waals surface area (Å²) in [6.45, 7) is 2.28. The molecule has 3 rings (SSSR count). The van der Waals surface area contributed by atoms with E-state index in [4.69, 9.17) is 0 Å². The minimum Gasteiger partial charge on any atom is -0.228 e. The highest BCUT2D eigenvalue weighted by atomic mass is 19.1. The minimum absolute atomic E-state index is 0.424. The van der Waals surface area contributed by atoms with Crippen LogP contribution in [0, 0.1) is 11.9 Å². The molecule has 1 aromatic carbocycles. The maximum Gasteiger partial charge on any atom is 0.212 e. The van der Waals surface area contributed by atoms with Crippen LogP contribution < -0.4 is 0 Å². The van der Waals surface area contributed by atoms with Gasteiger partial charge in [-0.15, -0.1) is 0 Å². The van der Waals surface area contributed by atoms with E-state index in [2.05, 4.69) is 36.2 Å². The average molecular weight is 354 g/mol. The van der Waals surface area contributed by atoms with E-state index >= 15 is 0 Å². The van der Waals surface area contributed by atoms with Crippen molar-refractivity contribution in [3.05, 3.63) is 54.1 Å². The van der Waals surface area contributed by atoms with Gasteiger partial charge in [-0.2, -0.15) is 4.39 Å². The van der Waals surface area contributed by atoms with E-state index in [1.54, 1.807) is 12.3 Å². The number of rotatable bonds is 8. The largest absolute Gasteiger partial charge is 0.228 e. The monoisotopic (exact) mass is 353 g/mol. The van der Waals surface area contributed by atoms with Gasteiger partial charge in [0.05, 0.1) is 0 Å². The summed E-state index contributed by atoms with van der Waals surface area (Å²) in [5.41, 5.74) is 3.55. The molecule has 0 amide bonds. The summed E-state index contributed by atoms with van der Waals surface area (Å²) < 4.78 is 13.0. The summed E-state index contributed by atoms with van der Waals surface area (Å²) in [5, 5.41) is 0. The van der Waals surface area contributed by atoms with E-state index in [1.807, 2.05) is 0 Å². The Balaban J connectivity index is 1.46. The Morgan fingerprint density at radius 3 is 2.19 bits per heavy atom. The van der Waals surface area contributed by atoms with Gasteiger partial charge in [-0.25, -0.2) is 4.98 Å². The summed E-state index contributed by atoms with van der Waals surface area (Å²) in [4.78, 5) is 3.75. The number of pyridine rings is 1. The number of nitrogens with zero attached hydrogens (tertiary/aromatic N) is 1. The van der Waals surface area contributed by atoms with Crippen molar-refractivity contribution in [2.45, 2.75) is 77.0 Å². The van der Waals surface area contributed by atoms with E-state index < -0.39 is 5.95 Å². The molecule has 1 aromatic heterocycles. The molecular weight excluding hydrogens is 321 g/mol. The maximum absolute atomic E-state index is 13.0. The fourth-order valence-electron chi connectivity index (χ4n) is 4.32. The molecule has 0 N–H and O–H groups in total. The third-order valence-corrected chi connectivity index (χ3v) is 6.01. The van der Waals surface area contributed by atoms with Crippen molar-refractivity contribution in [3.8, 4) is 11.1 Å². The predicted molar refractivity (Wildman–Crippen MR) is 108 cm³/mol. The van der Waals surface area contributed by atoms with E-state index in [-0.39, 0.29) is 0 Å². The molecule has 26 heavy (non-hydrogen) atoms. The van der Waals surface area contributed by atoms with Gasteiger partial charge in [-0.3, -0.25) is 0 Å². The van der Waals surface area contributed by atoms with Gasteiger partial charge in [0.25, 0.3) is 0 Å². The van der Waals surface area contributed by atoms with Crippen molar-refractivity contribution in [1.29, 1.82) is 0 Å². The van der Waals surface area contributed by atoms with Crippen LogP contribution in [0.4, 0.5) is 4.39 Å². The van der Waals surface area contributed by atoms with E-state index in [1.165, 1.54) is 75.8 Å². The van der Waals surface area contributed by atoms with Crippen molar-refractivity contribution in [1.82, 2.24) is 4.98 Å². The molecule has 1 aliphatic rings. The van der Waals surface area contributed by atoms with Crippen LogP contribution in [-0.2, 0) is 0 Å². The molecular formula is C24H32FN. The van der Waals surface area contributed by atoms with Crippen molar-refractivity contribution in [3.63, 3.8) is 0 Å². The second-order valence-electron chi connectivity index (χ2n) is 7.91. The molecule has 0 unspecified atom stereocenters. The predicted octanol–water partition coefficient (Wildman–Crippen LogP) is 7.52. The number of hydrogen-bond donors (Lipinski definition) is 0. The van der Waals surface area contributed by atoms with E-state index in [0.717, 1.165) is 17.0 Å². The first-order valence-corrected chi connectivity index (χ1v) is 10.5. The summed E-state index contributed by atoms with van der Waals surface area (Å²) in [6, 6.07) is 12.0. The average Bonchev–Trinajstić information content (AvgIpc) is 2.69. The van der Waals surface area contributed by atoms with Crippen LogP contribution in [0.25, 0.3) is 11.1 Å². The molecule has 2 aromatic rings. The number of halogens is 1. The first kappa shape index (κ1) is 19.1. The summed E-state index contributed by atoms with van der Waals surface area (Å²) in [5.74, 6) is 1.25. The highest BCUT2D eigenvalue weighted by molar-refractivity contribution is 5.62. The van der Waals surface area contributed by atoms with Crippen molar-refractivity contribution in [2.75, 3.05) is 0 Å². The Morgan fingerprint density at radius 2 is 1.54 bits per heavy atom. The Labute approximate surface area is 158 Å². The minimum atomic E-state index is -0.424. The van der Waals surface area contributed by atoms with Crippen molar-refractivity contribution >= 4 is 0 Å². The normalized spacial score (nSPS) is 20.2. The van der Waals surface area contributed by atoms with Gasteiger partial charge in [0, 0.05) is 11.8 Å². The zero-order valence-corrected chi connectivity index (χ0v) is 16.1. The number of hydrogen-bond acceptors (Lipinski definition) is 1. The zero-order valence-electron chi connectivity index (χ0n) is 16.1. The van der Waals surface area contributed by atoms with Crippen LogP contribution in [0.3, 0.4) is 0 Å². The first-order valence-electron chi connectivity index (χ1n) is 10.5. The lowest BCUT2D eigenvalue weighted by Gasteiger charge is -2.29. The van der Waals surface area contributed by atoms with Crippen LogP contribution in [0.5, 0.6) is 0 Å². The molecule has 1 fully saturated rings. The smallest absolute Gasteiger partial charge is 0.212 e. The Morgan fingerprint density at radius 1 is 0.846 bits per heavy atom. The van der Waals surface area contributed by atoms with Crippen LogP contribution in [0.15, 0.2) is 42.6 Å². The second-order valence-corrected chi connectivity index (χ2v) is 7.91. The van der Waals surface area contributed by atoms with Gasteiger partial charge < -0.3 is 0 Å². The van der Waals surface area contributed by atoms with Crippen LogP contribution in [0.1, 0.15) is 82.6 Å². The highest BCUT2D eigenvalue weighted by Crippen LogP contribution is 2.38. The van der Waals surface area contributed by atoms with Gasteiger partial charge in [0.2, 0.25) is 5.95 Å². The lowest BCUT2D eigenvalue weighted by atomic mass is 9.77. The fraction of sp³-hybridized carbons (Fsp3) is 0.542. The number of benzene rings is 1. The molecule has 0 spiro atoms. The third-order valence-electron chi connectivity index (χ3n) is 6.01. The molecule has 1 saturated carbocycles. The molecule has 1 nitrogen and oxygen atoms in total. The fourth-order valence-corrected chi connectivity index (χ4v) is 4.32. The lowest BCUT2D eigenvalue weighted by molar-refractivity contribution is 0.302. The standard InChI is InChI=1S/C24H32FN/c1-2-3-4-5-6-7-19-8-10-20(11-9-19)21-12-14-22(15-13-21)23-16-17-24(25)26-18-23/h12-20H,2-11H2,1H3. The van der Waals surface area contributed by atoms with Gasteiger partial charge in [-0.05, 0) is 60.8 Å². The molecule has 1 aliphatic carbocycles. The van der Waals surface area contributed by atoms with Gasteiger partial charge in [0.15, 0.2) is 0 Å². The van der Waals surface area contributed by atoms with Gasteiger partial charge >= 0.3 is 0 Å². The first-order chi connectivity index (χ1) is 12.8. The molecule has 140 valence electrons. The SMILES string of the molecule is CCCCCCCC1CCC(c2ccc(-c3ccc(F)nc3)cc2)CC1. The van der Waals surface area contributed by atoms with Gasteiger partial charge in [-0.1, -0.05) is 69.7 Å². The number of aromatic nitrogens is 1. The topological polar surface area (TPSA) is 12.9 Å². The van der Waals surface area contributed by atoms with Crippen molar-refractivity contribution < 1.29 is 4.39 Å². The quantitative estimate of drug-likeness (QED) is 0.353. The Bertz CT molecular complexity index is 639. The lowest BCUT2D eigenvalue weighted by Crippen LogP contribution is -2.13. The van der Waals surface area contributed by atoms with Crippen LogP contribution in [0.2, 0.25) is 0 Å². The highest BCUT2D eigenvalue weighted by Gasteiger charge is 2.22. The molecule has 0 saturated heterocycles. The summed E-state index contributed by atoms with van der Waals surface area (Å²) in [6.07, 6.45) is 15.5. The molecule has 1 heterocycles. The Kier molecular flexibility index (Phi) is 7.22. The Hall–Kier alpha value is -1.70. The second kappa shape index (κ2) is 9.85. The van der Waals surface area contributed by atoms with E-state index in [9.17, 15) is 4.39 Å². The van der Waals surface area contributed by atoms with Crippen LogP contribution in [-0.4, -0.2) is 4.98 Å². The van der Waals surface area contributed by atoms with Crippen molar-refractivity contribution in [2.24, 2.45) is 5.92 Å².